The summed E-state index contributed by atoms with van der Waals surface area (Å²) in [6, 6.07) is 5.56. The van der Waals surface area contributed by atoms with Crippen molar-refractivity contribution in [2.75, 3.05) is 6.61 Å². The van der Waals surface area contributed by atoms with Crippen LogP contribution in [0.15, 0.2) is 36.9 Å². The van der Waals surface area contributed by atoms with E-state index in [1.54, 1.807) is 18.6 Å². The molecule has 3 nitrogen and oxygen atoms in total. The Morgan fingerprint density at radius 2 is 2.00 bits per heavy atom. The van der Waals surface area contributed by atoms with Crippen LogP contribution in [-0.2, 0) is 11.3 Å². The average molecular weight is 341 g/mol. The lowest BCUT2D eigenvalue weighted by atomic mass is 10.0. The summed E-state index contributed by atoms with van der Waals surface area (Å²) in [4.78, 5) is 4.09. The van der Waals surface area contributed by atoms with Crippen molar-refractivity contribution in [3.05, 3.63) is 52.5 Å². The topological polar surface area (TPSA) is 27.1 Å². The maximum atomic E-state index is 6.36. The van der Waals surface area contributed by atoms with Crippen LogP contribution in [0.5, 0.6) is 0 Å². The zero-order valence-corrected chi connectivity index (χ0v) is 14.5. The molecule has 0 fully saturated rings. The second-order valence-electron chi connectivity index (χ2n) is 5.43. The van der Waals surface area contributed by atoms with Gasteiger partial charge in [-0.1, -0.05) is 56.0 Å². The summed E-state index contributed by atoms with van der Waals surface area (Å²) in [5, 5.41) is 1.28. The monoisotopic (exact) mass is 340 g/mol. The summed E-state index contributed by atoms with van der Waals surface area (Å²) < 4.78 is 8.19. The van der Waals surface area contributed by atoms with E-state index in [0.29, 0.717) is 22.5 Å². The number of rotatable bonds is 8. The van der Waals surface area contributed by atoms with Crippen molar-refractivity contribution < 1.29 is 4.74 Å². The number of nitrogens with zero attached hydrogens (tertiary/aromatic N) is 2. The molecule has 0 amide bonds. The standard InChI is InChI=1S/C17H22Cl2N2O/c1-3-13(4-2)11-22-17(10-21-8-7-20-12-21)15-6-5-14(18)9-16(15)19/h5-9,12-13,17H,3-4,10-11H2,1-2H3. The number of benzene rings is 1. The smallest absolute Gasteiger partial charge is 0.102 e. The van der Waals surface area contributed by atoms with Crippen LogP contribution in [0.1, 0.15) is 38.4 Å². The molecule has 22 heavy (non-hydrogen) atoms. The molecule has 0 radical (unpaired) electrons. The summed E-state index contributed by atoms with van der Waals surface area (Å²) in [6.07, 6.45) is 7.60. The highest BCUT2D eigenvalue weighted by atomic mass is 35.5. The maximum Gasteiger partial charge on any atom is 0.102 e. The molecule has 1 unspecified atom stereocenters. The molecule has 5 heteroatoms. The zero-order valence-electron chi connectivity index (χ0n) is 13.0. The molecule has 1 aromatic heterocycles. The predicted octanol–water partition coefficient (Wildman–Crippen LogP) is 5.38. The molecule has 0 saturated heterocycles. The van der Waals surface area contributed by atoms with Gasteiger partial charge in [-0.2, -0.15) is 0 Å². The number of ether oxygens (including phenoxy) is 1. The molecule has 2 rings (SSSR count). The highest BCUT2D eigenvalue weighted by molar-refractivity contribution is 6.35. The second-order valence-corrected chi connectivity index (χ2v) is 6.27. The van der Waals surface area contributed by atoms with Gasteiger partial charge in [-0.05, 0) is 18.1 Å². The Hall–Kier alpha value is -1.03. The van der Waals surface area contributed by atoms with Crippen LogP contribution in [0, 0.1) is 5.92 Å². The van der Waals surface area contributed by atoms with E-state index in [9.17, 15) is 0 Å². The molecule has 0 aliphatic heterocycles. The highest BCUT2D eigenvalue weighted by Crippen LogP contribution is 2.30. The van der Waals surface area contributed by atoms with Gasteiger partial charge in [0.2, 0.25) is 0 Å². The summed E-state index contributed by atoms with van der Waals surface area (Å²) >= 11 is 12.4. The predicted molar refractivity (Wildman–Crippen MR) is 91.5 cm³/mol. The van der Waals surface area contributed by atoms with Crippen LogP contribution < -0.4 is 0 Å². The van der Waals surface area contributed by atoms with Crippen LogP contribution in [0.4, 0.5) is 0 Å². The van der Waals surface area contributed by atoms with Gasteiger partial charge in [-0.15, -0.1) is 0 Å². The summed E-state index contributed by atoms with van der Waals surface area (Å²) in [5.41, 5.74) is 0.964. The van der Waals surface area contributed by atoms with Crippen LogP contribution in [-0.4, -0.2) is 16.2 Å². The molecule has 1 heterocycles. The van der Waals surface area contributed by atoms with Gasteiger partial charge in [0.15, 0.2) is 0 Å². The second kappa shape index (κ2) is 8.56. The molecule has 1 aromatic carbocycles. The minimum absolute atomic E-state index is 0.112. The fourth-order valence-corrected chi connectivity index (χ4v) is 2.90. The van der Waals surface area contributed by atoms with Gasteiger partial charge in [0, 0.05) is 28.0 Å². The van der Waals surface area contributed by atoms with Gasteiger partial charge in [-0.25, -0.2) is 4.98 Å². The summed E-state index contributed by atoms with van der Waals surface area (Å²) in [7, 11) is 0. The third kappa shape index (κ3) is 4.73. The Morgan fingerprint density at radius 3 is 2.59 bits per heavy atom. The van der Waals surface area contributed by atoms with E-state index >= 15 is 0 Å². The fraction of sp³-hybridized carbons (Fsp3) is 0.471. The molecule has 1 atom stereocenters. The molecule has 2 aromatic rings. The lowest BCUT2D eigenvalue weighted by molar-refractivity contribution is 0.0160. The lowest BCUT2D eigenvalue weighted by Crippen LogP contribution is -2.17. The van der Waals surface area contributed by atoms with Gasteiger partial charge < -0.3 is 9.30 Å². The molecule has 0 aliphatic rings. The van der Waals surface area contributed by atoms with Crippen molar-refractivity contribution in [1.29, 1.82) is 0 Å². The first-order valence-electron chi connectivity index (χ1n) is 7.66. The minimum Gasteiger partial charge on any atom is -0.371 e. The van der Waals surface area contributed by atoms with Crippen molar-refractivity contribution in [3.63, 3.8) is 0 Å². The first-order chi connectivity index (χ1) is 10.6. The average Bonchev–Trinajstić information content (AvgIpc) is 3.00. The lowest BCUT2D eigenvalue weighted by Gasteiger charge is -2.23. The fourth-order valence-electron chi connectivity index (χ4n) is 2.37. The Kier molecular flexibility index (Phi) is 6.74. The third-order valence-electron chi connectivity index (χ3n) is 3.93. The third-order valence-corrected chi connectivity index (χ3v) is 4.50. The van der Waals surface area contributed by atoms with E-state index in [0.717, 1.165) is 25.0 Å². The van der Waals surface area contributed by atoms with Crippen molar-refractivity contribution in [2.45, 2.75) is 39.3 Å². The largest absolute Gasteiger partial charge is 0.371 e. The Labute approximate surface area is 142 Å². The van der Waals surface area contributed by atoms with Gasteiger partial charge in [0.1, 0.15) is 6.10 Å². The van der Waals surface area contributed by atoms with Crippen LogP contribution in [0.25, 0.3) is 0 Å². The molecule has 120 valence electrons. The molecular weight excluding hydrogens is 319 g/mol. The van der Waals surface area contributed by atoms with Crippen LogP contribution in [0.3, 0.4) is 0 Å². The van der Waals surface area contributed by atoms with Gasteiger partial charge in [0.05, 0.1) is 19.5 Å². The van der Waals surface area contributed by atoms with Crippen molar-refractivity contribution >= 4 is 23.2 Å². The van der Waals surface area contributed by atoms with E-state index in [-0.39, 0.29) is 6.10 Å². The first kappa shape index (κ1) is 17.3. The number of hydrogen-bond acceptors (Lipinski definition) is 2. The summed E-state index contributed by atoms with van der Waals surface area (Å²) in [5.74, 6) is 0.566. The first-order valence-corrected chi connectivity index (χ1v) is 8.41. The van der Waals surface area contributed by atoms with Crippen LogP contribution >= 0.6 is 23.2 Å². The number of imidazole rings is 1. The minimum atomic E-state index is -0.112. The zero-order chi connectivity index (χ0) is 15.9. The van der Waals surface area contributed by atoms with Crippen LogP contribution in [0.2, 0.25) is 10.0 Å². The van der Waals surface area contributed by atoms with E-state index in [4.69, 9.17) is 27.9 Å². The number of halogens is 2. The van der Waals surface area contributed by atoms with Gasteiger partial charge >= 0.3 is 0 Å². The molecule has 0 saturated carbocycles. The van der Waals surface area contributed by atoms with E-state index < -0.39 is 0 Å². The quantitative estimate of drug-likeness (QED) is 0.644. The molecular formula is C17H22Cl2N2O. The van der Waals surface area contributed by atoms with E-state index in [1.807, 2.05) is 22.9 Å². The van der Waals surface area contributed by atoms with E-state index in [2.05, 4.69) is 18.8 Å². The summed E-state index contributed by atoms with van der Waals surface area (Å²) in [6.45, 7) is 5.79. The van der Waals surface area contributed by atoms with E-state index in [1.165, 1.54) is 0 Å². The molecule has 0 bridgehead atoms. The molecule has 0 spiro atoms. The SMILES string of the molecule is CCC(CC)COC(Cn1ccnc1)c1ccc(Cl)cc1Cl. The van der Waals surface area contributed by atoms with Crippen molar-refractivity contribution in [2.24, 2.45) is 5.92 Å². The van der Waals surface area contributed by atoms with Gasteiger partial charge in [-0.3, -0.25) is 0 Å². The number of aromatic nitrogens is 2. The van der Waals surface area contributed by atoms with Crippen molar-refractivity contribution in [3.8, 4) is 0 Å². The normalized spacial score (nSPS) is 12.8. The Balaban J connectivity index is 2.16. The maximum absolute atomic E-state index is 6.36. The number of hydrogen-bond donors (Lipinski definition) is 0. The van der Waals surface area contributed by atoms with Crippen molar-refractivity contribution in [1.82, 2.24) is 9.55 Å². The highest BCUT2D eigenvalue weighted by Gasteiger charge is 2.18. The molecule has 0 N–H and O–H groups in total. The van der Waals surface area contributed by atoms with Gasteiger partial charge in [0.25, 0.3) is 0 Å². The Morgan fingerprint density at radius 1 is 1.23 bits per heavy atom. The Bertz CT molecular complexity index is 568. The molecule has 0 aliphatic carbocycles.